The van der Waals surface area contributed by atoms with Gasteiger partial charge in [0.05, 0.1) is 7.11 Å². The van der Waals surface area contributed by atoms with Gasteiger partial charge in [-0.3, -0.25) is 4.79 Å². The molecule has 0 radical (unpaired) electrons. The summed E-state index contributed by atoms with van der Waals surface area (Å²) < 4.78 is 5.15. The van der Waals surface area contributed by atoms with E-state index in [0.29, 0.717) is 5.56 Å². The predicted octanol–water partition coefficient (Wildman–Crippen LogP) is 3.52. The minimum absolute atomic E-state index is 0.0133. The van der Waals surface area contributed by atoms with Crippen LogP contribution in [0.4, 0.5) is 0 Å². The first-order valence-electron chi connectivity index (χ1n) is 5.86. The highest BCUT2D eigenvalue weighted by molar-refractivity contribution is 5.98. The van der Waals surface area contributed by atoms with Crippen molar-refractivity contribution in [2.24, 2.45) is 5.41 Å². The number of hydrogen-bond acceptors (Lipinski definition) is 3. The van der Waals surface area contributed by atoms with E-state index in [1.807, 2.05) is 27.7 Å². The molecule has 1 aromatic rings. The first-order valence-corrected chi connectivity index (χ1v) is 5.86. The minimum atomic E-state index is -0.491. The number of hydrogen-bond donors (Lipinski definition) is 1. The van der Waals surface area contributed by atoms with Crippen LogP contribution in [-0.2, 0) is 4.79 Å². The van der Waals surface area contributed by atoms with Crippen molar-refractivity contribution >= 4 is 11.5 Å². The second-order valence-corrected chi connectivity index (χ2v) is 5.33. The lowest BCUT2D eigenvalue weighted by Gasteiger charge is -2.14. The Labute approximate surface area is 108 Å². The Balaban J connectivity index is 3.05. The molecule has 0 amide bonds. The average Bonchev–Trinajstić information content (AvgIpc) is 2.27. The molecule has 18 heavy (non-hydrogen) atoms. The second-order valence-electron chi connectivity index (χ2n) is 5.33. The number of rotatable bonds is 3. The molecular weight excluding hydrogens is 228 g/mol. The summed E-state index contributed by atoms with van der Waals surface area (Å²) in [5, 5.41) is 9.94. The van der Waals surface area contributed by atoms with E-state index in [9.17, 15) is 9.90 Å². The normalized spacial score (nSPS) is 12.4. The smallest absolute Gasteiger partial charge is 0.164 e. The van der Waals surface area contributed by atoms with Crippen LogP contribution in [0.1, 0.15) is 31.9 Å². The molecule has 98 valence electrons. The van der Waals surface area contributed by atoms with Gasteiger partial charge in [0.25, 0.3) is 0 Å². The van der Waals surface area contributed by atoms with Crippen LogP contribution in [0.25, 0.3) is 5.76 Å². The Hall–Kier alpha value is -1.77. The summed E-state index contributed by atoms with van der Waals surface area (Å²) in [4.78, 5) is 11.8. The zero-order valence-corrected chi connectivity index (χ0v) is 11.6. The molecule has 0 heterocycles. The summed E-state index contributed by atoms with van der Waals surface area (Å²) in [7, 11) is 1.60. The summed E-state index contributed by atoms with van der Waals surface area (Å²) in [6.45, 7) is 7.34. The Morgan fingerprint density at radius 1 is 1.33 bits per heavy atom. The van der Waals surface area contributed by atoms with E-state index < -0.39 is 5.41 Å². The third-order valence-electron chi connectivity index (χ3n) is 2.70. The molecule has 0 aromatic heterocycles. The van der Waals surface area contributed by atoms with Crippen LogP contribution in [0.3, 0.4) is 0 Å². The van der Waals surface area contributed by atoms with Crippen LogP contribution < -0.4 is 4.74 Å². The summed E-state index contributed by atoms with van der Waals surface area (Å²) in [6.07, 6.45) is 1.28. The third kappa shape index (κ3) is 3.36. The number of aliphatic hydroxyl groups excluding tert-OH is 1. The Morgan fingerprint density at radius 2 is 1.94 bits per heavy atom. The first-order chi connectivity index (χ1) is 8.25. The quantitative estimate of drug-likeness (QED) is 0.657. The zero-order valence-electron chi connectivity index (χ0n) is 11.6. The molecule has 1 N–H and O–H groups in total. The number of allylic oxidation sites excluding steroid dienone is 1. The van der Waals surface area contributed by atoms with Gasteiger partial charge in [0.2, 0.25) is 0 Å². The van der Waals surface area contributed by atoms with Gasteiger partial charge in [0.1, 0.15) is 11.5 Å². The van der Waals surface area contributed by atoms with Gasteiger partial charge in [-0.1, -0.05) is 20.8 Å². The van der Waals surface area contributed by atoms with E-state index >= 15 is 0 Å². The van der Waals surface area contributed by atoms with Crippen molar-refractivity contribution in [3.8, 4) is 5.75 Å². The zero-order chi connectivity index (χ0) is 13.9. The van der Waals surface area contributed by atoms with E-state index in [2.05, 4.69) is 0 Å². The molecular formula is C15H20O3. The number of aryl methyl sites for hydroxylation is 1. The van der Waals surface area contributed by atoms with Crippen molar-refractivity contribution in [3.63, 3.8) is 0 Å². The highest BCUT2D eigenvalue weighted by Gasteiger charge is 2.20. The number of carbonyl (C=O) groups is 1. The van der Waals surface area contributed by atoms with Crippen LogP contribution >= 0.6 is 0 Å². The van der Waals surface area contributed by atoms with E-state index in [1.165, 1.54) is 6.08 Å². The number of ketones is 1. The summed E-state index contributed by atoms with van der Waals surface area (Å²) >= 11 is 0. The third-order valence-corrected chi connectivity index (χ3v) is 2.70. The summed E-state index contributed by atoms with van der Waals surface area (Å²) in [6, 6.07) is 5.30. The van der Waals surface area contributed by atoms with Crippen LogP contribution in [0.15, 0.2) is 24.3 Å². The Kier molecular flexibility index (Phi) is 4.17. The number of aliphatic hydroxyl groups is 1. The fraction of sp³-hybridized carbons (Fsp3) is 0.400. The molecule has 0 saturated heterocycles. The molecule has 0 bridgehead atoms. The second kappa shape index (κ2) is 5.25. The topological polar surface area (TPSA) is 46.5 Å². The molecule has 0 saturated carbocycles. The van der Waals surface area contributed by atoms with Crippen molar-refractivity contribution < 1.29 is 14.6 Å². The molecule has 0 aliphatic rings. The SMILES string of the molecule is COc1ccc(/C(O)=C/C(=O)C(C)(C)C)cc1C. The lowest BCUT2D eigenvalue weighted by atomic mass is 9.90. The average molecular weight is 248 g/mol. The highest BCUT2D eigenvalue weighted by atomic mass is 16.5. The van der Waals surface area contributed by atoms with Gasteiger partial charge in [-0.25, -0.2) is 0 Å². The minimum Gasteiger partial charge on any atom is -0.507 e. The van der Waals surface area contributed by atoms with Crippen molar-refractivity contribution in [1.29, 1.82) is 0 Å². The molecule has 0 unspecified atom stereocenters. The molecule has 1 aromatic carbocycles. The molecule has 1 rings (SSSR count). The van der Waals surface area contributed by atoms with E-state index in [4.69, 9.17) is 4.74 Å². The van der Waals surface area contributed by atoms with Crippen LogP contribution in [0.2, 0.25) is 0 Å². The fourth-order valence-corrected chi connectivity index (χ4v) is 1.46. The van der Waals surface area contributed by atoms with Gasteiger partial charge < -0.3 is 9.84 Å². The van der Waals surface area contributed by atoms with Crippen LogP contribution in [0, 0.1) is 12.3 Å². The largest absolute Gasteiger partial charge is 0.507 e. The van der Waals surface area contributed by atoms with Gasteiger partial charge in [0.15, 0.2) is 5.78 Å². The van der Waals surface area contributed by atoms with Gasteiger partial charge in [-0.05, 0) is 30.7 Å². The van der Waals surface area contributed by atoms with Crippen LogP contribution in [-0.4, -0.2) is 18.0 Å². The molecule has 3 nitrogen and oxygen atoms in total. The van der Waals surface area contributed by atoms with E-state index in [1.54, 1.807) is 25.3 Å². The predicted molar refractivity (Wildman–Crippen MR) is 72.8 cm³/mol. The molecule has 0 fully saturated rings. The van der Waals surface area contributed by atoms with E-state index in [-0.39, 0.29) is 11.5 Å². The molecule has 0 aliphatic heterocycles. The van der Waals surface area contributed by atoms with Crippen LogP contribution in [0.5, 0.6) is 5.75 Å². The van der Waals surface area contributed by atoms with Crippen molar-refractivity contribution in [3.05, 3.63) is 35.4 Å². The summed E-state index contributed by atoms with van der Waals surface area (Å²) in [5.41, 5.74) is 1.04. The van der Waals surface area contributed by atoms with Gasteiger partial charge >= 0.3 is 0 Å². The highest BCUT2D eigenvalue weighted by Crippen LogP contribution is 2.23. The van der Waals surface area contributed by atoms with E-state index in [0.717, 1.165) is 11.3 Å². The van der Waals surface area contributed by atoms with Crippen molar-refractivity contribution in [2.45, 2.75) is 27.7 Å². The first kappa shape index (κ1) is 14.3. The number of benzene rings is 1. The maximum absolute atomic E-state index is 11.8. The maximum atomic E-state index is 11.8. The van der Waals surface area contributed by atoms with Crippen molar-refractivity contribution in [1.82, 2.24) is 0 Å². The Morgan fingerprint density at radius 3 is 2.39 bits per heavy atom. The molecule has 0 atom stereocenters. The number of methoxy groups -OCH3 is 1. The van der Waals surface area contributed by atoms with Crippen molar-refractivity contribution in [2.75, 3.05) is 7.11 Å². The lowest BCUT2D eigenvalue weighted by Crippen LogP contribution is -2.17. The number of ether oxygens (including phenoxy) is 1. The fourth-order valence-electron chi connectivity index (χ4n) is 1.46. The standard InChI is InChI=1S/C15H20O3/c1-10-8-11(6-7-13(10)18-5)12(16)9-14(17)15(2,3)4/h6-9,16H,1-5H3/b12-9-. The monoisotopic (exact) mass is 248 g/mol. The number of carbonyl (C=O) groups excluding carboxylic acids is 1. The van der Waals surface area contributed by atoms with Gasteiger partial charge in [-0.2, -0.15) is 0 Å². The molecule has 0 aliphatic carbocycles. The van der Waals surface area contributed by atoms with Gasteiger partial charge in [-0.15, -0.1) is 0 Å². The van der Waals surface area contributed by atoms with Gasteiger partial charge in [0, 0.05) is 17.1 Å². The summed E-state index contributed by atoms with van der Waals surface area (Å²) in [5.74, 6) is 0.642. The molecule has 0 spiro atoms. The lowest BCUT2D eigenvalue weighted by molar-refractivity contribution is -0.121. The molecule has 3 heteroatoms. The Bertz CT molecular complexity index is 479. The maximum Gasteiger partial charge on any atom is 0.164 e.